The van der Waals surface area contributed by atoms with Gasteiger partial charge in [-0.05, 0) is 6.07 Å². The third-order valence-corrected chi connectivity index (χ3v) is 2.44. The highest BCUT2D eigenvalue weighted by atomic mass is 19.4. The lowest BCUT2D eigenvalue weighted by atomic mass is 10.1. The summed E-state index contributed by atoms with van der Waals surface area (Å²) in [6.45, 7) is 1.53. The summed E-state index contributed by atoms with van der Waals surface area (Å²) in [5.41, 5.74) is 0.463. The van der Waals surface area contributed by atoms with Crippen LogP contribution in [0, 0.1) is 0 Å². The van der Waals surface area contributed by atoms with Gasteiger partial charge in [-0.25, -0.2) is 0 Å². The minimum Gasteiger partial charge on any atom is -0.405 e. The van der Waals surface area contributed by atoms with Crippen molar-refractivity contribution in [1.82, 2.24) is 5.32 Å². The van der Waals surface area contributed by atoms with Crippen LogP contribution in [0.4, 0.5) is 13.2 Å². The lowest BCUT2D eigenvalue weighted by Crippen LogP contribution is -2.35. The third-order valence-electron chi connectivity index (χ3n) is 2.44. The number of rotatable bonds is 2. The number of hydrogen-bond acceptors (Lipinski definition) is 3. The summed E-state index contributed by atoms with van der Waals surface area (Å²) in [4.78, 5) is 0. The Kier molecular flexibility index (Phi) is 3.54. The normalized spacial score (nSPS) is 21.2. The van der Waals surface area contributed by atoms with E-state index in [0.29, 0.717) is 25.3 Å². The van der Waals surface area contributed by atoms with E-state index < -0.39 is 6.36 Å². The quantitative estimate of drug-likeness (QED) is 0.869. The molecule has 94 valence electrons. The van der Waals surface area contributed by atoms with Crippen molar-refractivity contribution in [2.75, 3.05) is 19.8 Å². The molecule has 1 aromatic rings. The Balaban J connectivity index is 2.20. The number of para-hydroxylation sites is 1. The molecular weight excluding hydrogens is 235 g/mol. The van der Waals surface area contributed by atoms with Gasteiger partial charge in [0, 0.05) is 12.1 Å². The molecule has 3 nitrogen and oxygen atoms in total. The molecule has 1 aromatic carbocycles. The molecule has 1 aliphatic rings. The molecule has 17 heavy (non-hydrogen) atoms. The molecule has 0 unspecified atom stereocenters. The predicted molar refractivity (Wildman–Crippen MR) is 54.7 cm³/mol. The summed E-state index contributed by atoms with van der Waals surface area (Å²) in [5, 5.41) is 3.09. The van der Waals surface area contributed by atoms with Crippen LogP contribution in [0.5, 0.6) is 5.75 Å². The molecule has 1 atom stereocenters. The van der Waals surface area contributed by atoms with Crippen molar-refractivity contribution in [3.05, 3.63) is 29.8 Å². The number of alkyl halides is 3. The molecule has 0 saturated carbocycles. The van der Waals surface area contributed by atoms with Gasteiger partial charge < -0.3 is 14.8 Å². The van der Waals surface area contributed by atoms with E-state index in [1.54, 1.807) is 12.1 Å². The second-order valence-corrected chi connectivity index (χ2v) is 3.67. The maximum atomic E-state index is 12.2. The van der Waals surface area contributed by atoms with E-state index in [9.17, 15) is 13.2 Å². The Morgan fingerprint density at radius 2 is 2.06 bits per heavy atom. The first-order valence-corrected chi connectivity index (χ1v) is 5.22. The van der Waals surface area contributed by atoms with Crippen molar-refractivity contribution in [1.29, 1.82) is 0 Å². The Labute approximate surface area is 96.5 Å². The molecular formula is C11H12F3NO2. The van der Waals surface area contributed by atoms with Crippen LogP contribution in [-0.4, -0.2) is 26.1 Å². The van der Waals surface area contributed by atoms with Crippen LogP contribution < -0.4 is 10.1 Å². The summed E-state index contributed by atoms with van der Waals surface area (Å²) in [6, 6.07) is 5.83. The van der Waals surface area contributed by atoms with E-state index in [4.69, 9.17) is 4.74 Å². The van der Waals surface area contributed by atoms with Gasteiger partial charge in [0.2, 0.25) is 0 Å². The Hall–Kier alpha value is -1.27. The van der Waals surface area contributed by atoms with E-state index in [1.165, 1.54) is 12.1 Å². The van der Waals surface area contributed by atoms with Crippen molar-refractivity contribution in [2.24, 2.45) is 0 Å². The van der Waals surface area contributed by atoms with Crippen LogP contribution in [0.15, 0.2) is 24.3 Å². The zero-order valence-corrected chi connectivity index (χ0v) is 8.96. The highest BCUT2D eigenvalue weighted by Gasteiger charge is 2.33. The van der Waals surface area contributed by atoms with Crippen molar-refractivity contribution in [2.45, 2.75) is 12.4 Å². The van der Waals surface area contributed by atoms with Crippen LogP contribution in [-0.2, 0) is 4.74 Å². The summed E-state index contributed by atoms with van der Waals surface area (Å²) < 4.78 is 45.9. The lowest BCUT2D eigenvalue weighted by Gasteiger charge is -2.26. The number of nitrogens with one attached hydrogen (secondary N) is 1. The molecule has 1 heterocycles. The molecule has 0 radical (unpaired) electrons. The van der Waals surface area contributed by atoms with Crippen LogP contribution in [0.3, 0.4) is 0 Å². The second-order valence-electron chi connectivity index (χ2n) is 3.67. The molecule has 0 aromatic heterocycles. The summed E-state index contributed by atoms with van der Waals surface area (Å²) in [7, 11) is 0. The van der Waals surface area contributed by atoms with E-state index in [1.807, 2.05) is 0 Å². The van der Waals surface area contributed by atoms with Crippen LogP contribution in [0.1, 0.15) is 11.6 Å². The largest absolute Gasteiger partial charge is 0.573 e. The van der Waals surface area contributed by atoms with Gasteiger partial charge in [0.15, 0.2) is 0 Å². The number of ether oxygens (including phenoxy) is 2. The molecule has 0 spiro atoms. The summed E-state index contributed by atoms with van der Waals surface area (Å²) in [5.74, 6) is -0.178. The standard InChI is InChI=1S/C11H12F3NO2/c12-11(13,14)17-10-4-2-1-3-8(10)9-7-16-6-5-15-9/h1-4,9,15H,5-7H2/t9-/m1/s1. The van der Waals surface area contributed by atoms with Gasteiger partial charge >= 0.3 is 6.36 Å². The van der Waals surface area contributed by atoms with E-state index in [-0.39, 0.29) is 11.8 Å². The van der Waals surface area contributed by atoms with E-state index in [0.717, 1.165) is 0 Å². The molecule has 1 fully saturated rings. The molecule has 0 amide bonds. The van der Waals surface area contributed by atoms with Crippen molar-refractivity contribution < 1.29 is 22.6 Å². The highest BCUT2D eigenvalue weighted by molar-refractivity contribution is 5.36. The van der Waals surface area contributed by atoms with Crippen LogP contribution in [0.25, 0.3) is 0 Å². The fraction of sp³-hybridized carbons (Fsp3) is 0.455. The second kappa shape index (κ2) is 4.93. The zero-order chi connectivity index (χ0) is 12.3. The predicted octanol–water partition coefficient (Wildman–Crippen LogP) is 2.25. The van der Waals surface area contributed by atoms with Crippen LogP contribution in [0.2, 0.25) is 0 Å². The molecule has 1 N–H and O–H groups in total. The number of morpholine rings is 1. The van der Waals surface area contributed by atoms with E-state index >= 15 is 0 Å². The lowest BCUT2D eigenvalue weighted by molar-refractivity contribution is -0.275. The first kappa shape index (κ1) is 12.2. The smallest absolute Gasteiger partial charge is 0.405 e. The number of benzene rings is 1. The summed E-state index contributed by atoms with van der Waals surface area (Å²) in [6.07, 6.45) is -4.67. The zero-order valence-electron chi connectivity index (χ0n) is 8.96. The van der Waals surface area contributed by atoms with Gasteiger partial charge in [-0.2, -0.15) is 0 Å². The Bertz CT molecular complexity index is 375. The monoisotopic (exact) mass is 247 g/mol. The fourth-order valence-corrected chi connectivity index (χ4v) is 1.75. The maximum absolute atomic E-state index is 12.2. The number of hydrogen-bond donors (Lipinski definition) is 1. The number of halogens is 3. The highest BCUT2D eigenvalue weighted by Crippen LogP contribution is 2.30. The van der Waals surface area contributed by atoms with Crippen molar-refractivity contribution in [3.63, 3.8) is 0 Å². The van der Waals surface area contributed by atoms with Gasteiger partial charge in [0.1, 0.15) is 5.75 Å². The van der Waals surface area contributed by atoms with Gasteiger partial charge in [-0.3, -0.25) is 0 Å². The van der Waals surface area contributed by atoms with Crippen LogP contribution >= 0.6 is 0 Å². The fourth-order valence-electron chi connectivity index (χ4n) is 1.75. The average molecular weight is 247 g/mol. The Morgan fingerprint density at radius 1 is 1.29 bits per heavy atom. The minimum atomic E-state index is -4.67. The molecule has 6 heteroatoms. The van der Waals surface area contributed by atoms with Crippen molar-refractivity contribution in [3.8, 4) is 5.75 Å². The van der Waals surface area contributed by atoms with Gasteiger partial charge in [-0.15, -0.1) is 13.2 Å². The SMILES string of the molecule is FC(F)(F)Oc1ccccc1[C@H]1COCCN1. The van der Waals surface area contributed by atoms with Gasteiger partial charge in [-0.1, -0.05) is 18.2 Å². The third kappa shape index (κ3) is 3.34. The minimum absolute atomic E-state index is 0.178. The first-order chi connectivity index (χ1) is 8.06. The van der Waals surface area contributed by atoms with Gasteiger partial charge in [0.25, 0.3) is 0 Å². The summed E-state index contributed by atoms with van der Waals surface area (Å²) >= 11 is 0. The van der Waals surface area contributed by atoms with Gasteiger partial charge in [0.05, 0.1) is 19.3 Å². The topological polar surface area (TPSA) is 30.5 Å². The van der Waals surface area contributed by atoms with E-state index in [2.05, 4.69) is 10.1 Å². The average Bonchev–Trinajstić information content (AvgIpc) is 2.29. The molecule has 0 aliphatic carbocycles. The van der Waals surface area contributed by atoms with Crippen molar-refractivity contribution >= 4 is 0 Å². The molecule has 1 saturated heterocycles. The molecule has 0 bridgehead atoms. The molecule has 2 rings (SSSR count). The molecule has 1 aliphatic heterocycles. The first-order valence-electron chi connectivity index (χ1n) is 5.22. The maximum Gasteiger partial charge on any atom is 0.573 e. The Morgan fingerprint density at radius 3 is 2.71 bits per heavy atom.